The van der Waals surface area contributed by atoms with E-state index >= 15 is 0 Å². The number of anilines is 1. The third-order valence-corrected chi connectivity index (χ3v) is 6.76. The van der Waals surface area contributed by atoms with E-state index in [4.69, 9.17) is 0 Å². The number of hydrogen-bond donors (Lipinski definition) is 1. The Balaban J connectivity index is 1.65. The molecule has 0 fully saturated rings. The monoisotopic (exact) mass is 488 g/mol. The van der Waals surface area contributed by atoms with E-state index in [0.717, 1.165) is 17.0 Å². The summed E-state index contributed by atoms with van der Waals surface area (Å²) in [5.74, 6) is 0. The fourth-order valence-corrected chi connectivity index (χ4v) is 4.80. The van der Waals surface area contributed by atoms with Crippen molar-refractivity contribution in [1.29, 1.82) is 5.26 Å². The summed E-state index contributed by atoms with van der Waals surface area (Å²) in [6.45, 7) is 0. The van der Waals surface area contributed by atoms with E-state index < -0.39 is 11.7 Å². The third kappa shape index (κ3) is 5.18. The first-order valence-electron chi connectivity index (χ1n) is 8.84. The minimum atomic E-state index is -4.48. The van der Waals surface area contributed by atoms with E-state index in [2.05, 4.69) is 30.3 Å². The highest BCUT2D eigenvalue weighted by Crippen LogP contribution is 2.41. The van der Waals surface area contributed by atoms with Gasteiger partial charge in [0.05, 0.1) is 23.5 Å². The Morgan fingerprint density at radius 3 is 2.56 bits per heavy atom. The largest absolute Gasteiger partial charge is 0.416 e. The number of nitrogens with one attached hydrogen (secondary N) is 1. The quantitative estimate of drug-likeness (QED) is 0.323. The van der Waals surface area contributed by atoms with Gasteiger partial charge in [-0.1, -0.05) is 11.8 Å². The molecule has 0 spiro atoms. The number of benzene rings is 2. The Kier molecular flexibility index (Phi) is 6.59. The predicted octanol–water partition coefficient (Wildman–Crippen LogP) is 6.16. The van der Waals surface area contributed by atoms with Gasteiger partial charge in [-0.25, -0.2) is 4.98 Å². The molecule has 4 rings (SSSR count). The van der Waals surface area contributed by atoms with Gasteiger partial charge < -0.3 is 4.72 Å². The summed E-state index contributed by atoms with van der Waals surface area (Å²) >= 11 is 3.71. The molecule has 0 atom stereocenters. The van der Waals surface area contributed by atoms with Gasteiger partial charge in [-0.3, -0.25) is 0 Å². The maximum Gasteiger partial charge on any atom is 0.416 e. The van der Waals surface area contributed by atoms with Crippen LogP contribution in [0.5, 0.6) is 0 Å². The van der Waals surface area contributed by atoms with Crippen LogP contribution in [-0.2, 0) is 6.18 Å². The molecule has 0 saturated heterocycles. The lowest BCUT2D eigenvalue weighted by atomic mass is 10.0. The van der Waals surface area contributed by atoms with Crippen molar-refractivity contribution in [2.24, 2.45) is 0 Å². The van der Waals surface area contributed by atoms with Crippen LogP contribution in [0.25, 0.3) is 11.1 Å². The van der Waals surface area contributed by atoms with Crippen molar-refractivity contribution in [1.82, 2.24) is 19.6 Å². The molecule has 32 heavy (non-hydrogen) atoms. The molecule has 0 amide bonds. The first kappa shape index (κ1) is 22.1. The number of alkyl halides is 3. The molecule has 12 heteroatoms. The highest BCUT2D eigenvalue weighted by molar-refractivity contribution is 8.00. The molecule has 6 nitrogen and oxygen atoms in total. The van der Waals surface area contributed by atoms with Crippen molar-refractivity contribution in [2.45, 2.75) is 20.9 Å². The van der Waals surface area contributed by atoms with Crippen LogP contribution >= 0.6 is 35.2 Å². The van der Waals surface area contributed by atoms with Gasteiger partial charge in [0.25, 0.3) is 0 Å². The summed E-state index contributed by atoms with van der Waals surface area (Å²) in [6.07, 6.45) is -0.214. The molecule has 0 saturated carbocycles. The van der Waals surface area contributed by atoms with Crippen LogP contribution in [-0.4, -0.2) is 19.6 Å². The molecule has 0 aliphatic heterocycles. The van der Waals surface area contributed by atoms with Gasteiger partial charge >= 0.3 is 6.18 Å². The Bertz CT molecular complexity index is 1260. The zero-order chi connectivity index (χ0) is 22.6. The Labute approximate surface area is 193 Å². The van der Waals surface area contributed by atoms with E-state index in [1.807, 2.05) is 6.07 Å². The van der Waals surface area contributed by atoms with Crippen LogP contribution in [0.2, 0.25) is 0 Å². The van der Waals surface area contributed by atoms with Crippen LogP contribution in [0.15, 0.2) is 75.9 Å². The standard InChI is InChI=1S/C20H11F3N6S3/c21-20(22,23)14-1-3-18(16(8-14)12-5-6-26-27-10-12)30-17-4-2-15(7-13(17)9-24)31-29-19-25-11-28-32-19/h1-8,10-11H,(H,25,28,29). The minimum Gasteiger partial charge on any atom is -0.300 e. The maximum absolute atomic E-state index is 13.3. The van der Waals surface area contributed by atoms with E-state index in [0.29, 0.717) is 31.6 Å². The molecule has 0 aliphatic rings. The topological polar surface area (TPSA) is 87.4 Å². The van der Waals surface area contributed by atoms with Crippen LogP contribution in [0.1, 0.15) is 11.1 Å². The average Bonchev–Trinajstić information content (AvgIpc) is 3.32. The van der Waals surface area contributed by atoms with E-state index in [-0.39, 0.29) is 0 Å². The van der Waals surface area contributed by atoms with Crippen molar-refractivity contribution in [2.75, 3.05) is 4.72 Å². The molecule has 0 radical (unpaired) electrons. The lowest BCUT2D eigenvalue weighted by Gasteiger charge is -2.14. The summed E-state index contributed by atoms with van der Waals surface area (Å²) in [4.78, 5) is 6.00. The van der Waals surface area contributed by atoms with E-state index in [1.54, 1.807) is 18.2 Å². The number of nitrogens with zero attached hydrogens (tertiary/aromatic N) is 5. The molecule has 0 bridgehead atoms. The van der Waals surface area contributed by atoms with Crippen LogP contribution in [0.4, 0.5) is 18.3 Å². The van der Waals surface area contributed by atoms with E-state index in [9.17, 15) is 18.4 Å². The van der Waals surface area contributed by atoms with Crippen LogP contribution < -0.4 is 4.72 Å². The Hall–Kier alpha value is -3.14. The molecule has 2 heterocycles. The molecule has 0 unspecified atom stereocenters. The van der Waals surface area contributed by atoms with Crippen molar-refractivity contribution < 1.29 is 13.2 Å². The summed E-state index contributed by atoms with van der Waals surface area (Å²) < 4.78 is 46.8. The highest BCUT2D eigenvalue weighted by Gasteiger charge is 2.31. The fraction of sp³-hybridized carbons (Fsp3) is 0.0500. The first-order chi connectivity index (χ1) is 15.4. The average molecular weight is 489 g/mol. The SMILES string of the molecule is N#Cc1cc(SNc2ncns2)ccc1Sc1ccc(C(F)(F)F)cc1-c1ccnnc1. The van der Waals surface area contributed by atoms with Crippen LogP contribution in [0, 0.1) is 11.3 Å². The van der Waals surface area contributed by atoms with Crippen molar-refractivity contribution in [3.05, 3.63) is 72.3 Å². The second-order valence-electron chi connectivity index (χ2n) is 6.16. The van der Waals surface area contributed by atoms with Gasteiger partial charge in [0.15, 0.2) is 0 Å². The van der Waals surface area contributed by atoms with Gasteiger partial charge in [0.1, 0.15) is 12.4 Å². The number of nitriles is 1. The van der Waals surface area contributed by atoms with Crippen molar-refractivity contribution in [3.8, 4) is 17.2 Å². The predicted molar refractivity (Wildman–Crippen MR) is 117 cm³/mol. The fourth-order valence-electron chi connectivity index (χ4n) is 2.66. The smallest absolute Gasteiger partial charge is 0.300 e. The Morgan fingerprint density at radius 1 is 1.03 bits per heavy atom. The summed E-state index contributed by atoms with van der Waals surface area (Å²) in [5, 5.41) is 17.7. The molecule has 2 aromatic heterocycles. The summed E-state index contributed by atoms with van der Waals surface area (Å²) in [5.41, 5.74) is 0.502. The molecule has 0 aliphatic carbocycles. The minimum absolute atomic E-state index is 0.361. The molecule has 2 aromatic carbocycles. The third-order valence-electron chi connectivity index (χ3n) is 4.11. The molecular weight excluding hydrogens is 477 g/mol. The van der Waals surface area contributed by atoms with E-state index in [1.165, 1.54) is 60.0 Å². The molecule has 160 valence electrons. The van der Waals surface area contributed by atoms with Gasteiger partial charge in [-0.2, -0.15) is 33.0 Å². The number of aromatic nitrogens is 4. The lowest BCUT2D eigenvalue weighted by Crippen LogP contribution is -2.05. The molecule has 1 N–H and O–H groups in total. The summed E-state index contributed by atoms with van der Waals surface area (Å²) in [6, 6.07) is 12.6. The molecule has 4 aromatic rings. The molecular formula is C20H11F3N6S3. The first-order valence-corrected chi connectivity index (χ1v) is 11.2. The number of rotatable bonds is 6. The second-order valence-corrected chi connectivity index (χ2v) is 8.91. The number of hydrogen-bond acceptors (Lipinski definition) is 9. The lowest BCUT2D eigenvalue weighted by molar-refractivity contribution is -0.137. The number of halogens is 3. The second kappa shape index (κ2) is 9.56. The van der Waals surface area contributed by atoms with Crippen molar-refractivity contribution >= 4 is 40.4 Å². The van der Waals surface area contributed by atoms with Gasteiger partial charge in [0.2, 0.25) is 5.13 Å². The zero-order valence-corrected chi connectivity index (χ0v) is 18.3. The van der Waals surface area contributed by atoms with Crippen LogP contribution in [0.3, 0.4) is 0 Å². The van der Waals surface area contributed by atoms with Gasteiger partial charge in [0, 0.05) is 31.8 Å². The zero-order valence-electron chi connectivity index (χ0n) is 15.9. The summed E-state index contributed by atoms with van der Waals surface area (Å²) in [7, 11) is 0. The van der Waals surface area contributed by atoms with Crippen molar-refractivity contribution in [3.63, 3.8) is 0 Å². The maximum atomic E-state index is 13.3. The Morgan fingerprint density at radius 2 is 1.88 bits per heavy atom. The van der Waals surface area contributed by atoms with Gasteiger partial charge in [-0.05, 0) is 60.0 Å². The normalized spacial score (nSPS) is 11.2. The highest BCUT2D eigenvalue weighted by atomic mass is 32.2. The van der Waals surface area contributed by atoms with Gasteiger partial charge in [-0.15, -0.1) is 0 Å².